The van der Waals surface area contributed by atoms with Crippen LogP contribution in [0.15, 0.2) is 47.4 Å². The average Bonchev–Trinajstić information content (AvgIpc) is 2.74. The Morgan fingerprint density at radius 1 is 1.27 bits per heavy atom. The van der Waals surface area contributed by atoms with Crippen molar-refractivity contribution in [2.75, 3.05) is 26.0 Å². The maximum atomic E-state index is 11.3. The number of carbonyl (C=O) groups is 1. The molecular weight excluding hydrogens is 464 g/mol. The molecule has 8 nitrogen and oxygen atoms in total. The van der Waals surface area contributed by atoms with Crippen LogP contribution in [0.2, 0.25) is 5.02 Å². The number of nitro benzene ring substituents is 1. The summed E-state index contributed by atoms with van der Waals surface area (Å²) in [7, 11) is 3.16. The SMILES string of the molecule is CC(C)C.CNCC(CC(=O)OC)Nc1ccc(C#N)c(Cl)c1.O=[N+]([O-])c1ccccc1S. The Bertz CT molecular complexity index is 932. The van der Waals surface area contributed by atoms with E-state index in [1.807, 2.05) is 6.07 Å². The summed E-state index contributed by atoms with van der Waals surface area (Å²) in [5, 5.41) is 25.5. The van der Waals surface area contributed by atoms with Gasteiger partial charge in [-0.1, -0.05) is 44.5 Å². The standard InChI is InChI=1S/C13H16ClN3O2.C6H5NO2S.C4H10/c1-16-8-11(6-13(18)19-2)17-10-4-3-9(7-15)12(14)5-10;8-7(9)5-3-1-2-4-6(5)10;1-4(2)3/h3-5,11,16-17H,6,8H2,1-2H3;1-4,10H;4H,1-3H3. The van der Waals surface area contributed by atoms with Crippen LogP contribution in [-0.4, -0.2) is 37.6 Å². The van der Waals surface area contributed by atoms with Gasteiger partial charge in [-0.05, 0) is 37.2 Å². The lowest BCUT2D eigenvalue weighted by atomic mass is 10.1. The average molecular weight is 495 g/mol. The van der Waals surface area contributed by atoms with E-state index >= 15 is 0 Å². The number of nitriles is 1. The van der Waals surface area contributed by atoms with Gasteiger partial charge in [-0.15, -0.1) is 12.6 Å². The Hall–Kier alpha value is -2.80. The Morgan fingerprint density at radius 3 is 2.30 bits per heavy atom. The number of ether oxygens (including phenoxy) is 1. The molecule has 0 saturated heterocycles. The van der Waals surface area contributed by atoms with E-state index in [4.69, 9.17) is 16.9 Å². The smallest absolute Gasteiger partial charge is 0.307 e. The number of rotatable bonds is 7. The Labute approximate surface area is 205 Å². The molecule has 2 aromatic carbocycles. The molecule has 0 saturated carbocycles. The van der Waals surface area contributed by atoms with Crippen LogP contribution in [0.5, 0.6) is 0 Å². The number of hydrogen-bond donors (Lipinski definition) is 3. The van der Waals surface area contributed by atoms with Crippen molar-refractivity contribution in [3.8, 4) is 6.07 Å². The van der Waals surface area contributed by atoms with Gasteiger partial charge in [0, 0.05) is 24.3 Å². The topological polar surface area (TPSA) is 117 Å². The van der Waals surface area contributed by atoms with E-state index in [0.29, 0.717) is 22.0 Å². The minimum absolute atomic E-state index is 0.0471. The van der Waals surface area contributed by atoms with E-state index < -0.39 is 4.92 Å². The van der Waals surface area contributed by atoms with Gasteiger partial charge in [-0.3, -0.25) is 14.9 Å². The number of carbonyl (C=O) groups excluding carboxylic acids is 1. The number of nitrogens with one attached hydrogen (secondary N) is 2. The molecule has 0 aromatic heterocycles. The second-order valence-electron chi connectivity index (χ2n) is 7.46. The number of nitrogens with zero attached hydrogens (tertiary/aromatic N) is 2. The number of esters is 1. The van der Waals surface area contributed by atoms with E-state index in [9.17, 15) is 14.9 Å². The first-order chi connectivity index (χ1) is 15.5. The number of para-hydroxylation sites is 1. The van der Waals surface area contributed by atoms with Crippen LogP contribution in [0.3, 0.4) is 0 Å². The highest BCUT2D eigenvalue weighted by Crippen LogP contribution is 2.21. The predicted molar refractivity (Wildman–Crippen MR) is 135 cm³/mol. The van der Waals surface area contributed by atoms with Crippen molar-refractivity contribution >= 4 is 41.6 Å². The molecule has 0 aliphatic carbocycles. The van der Waals surface area contributed by atoms with E-state index in [-0.39, 0.29) is 24.1 Å². The second kappa shape index (κ2) is 16.8. The summed E-state index contributed by atoms with van der Waals surface area (Å²) >= 11 is 9.85. The molecule has 10 heteroatoms. The molecule has 0 heterocycles. The largest absolute Gasteiger partial charge is 0.469 e. The molecule has 0 amide bonds. The molecule has 33 heavy (non-hydrogen) atoms. The molecule has 0 spiro atoms. The highest BCUT2D eigenvalue weighted by molar-refractivity contribution is 7.80. The van der Waals surface area contributed by atoms with Gasteiger partial charge in [-0.25, -0.2) is 0 Å². The Balaban J connectivity index is 0.000000607. The molecule has 0 aliphatic heterocycles. The van der Waals surface area contributed by atoms with Gasteiger partial charge >= 0.3 is 5.97 Å². The highest BCUT2D eigenvalue weighted by atomic mass is 35.5. The number of hydrogen-bond acceptors (Lipinski definition) is 8. The summed E-state index contributed by atoms with van der Waals surface area (Å²) in [5.41, 5.74) is 1.23. The van der Waals surface area contributed by atoms with Crippen LogP contribution >= 0.6 is 24.2 Å². The lowest BCUT2D eigenvalue weighted by Gasteiger charge is -2.18. The lowest BCUT2D eigenvalue weighted by molar-refractivity contribution is -0.387. The minimum atomic E-state index is -0.456. The van der Waals surface area contributed by atoms with Gasteiger partial charge in [0.25, 0.3) is 5.69 Å². The number of likely N-dealkylation sites (N-methyl/N-ethyl adjacent to an activating group) is 1. The van der Waals surface area contributed by atoms with E-state index in [1.54, 1.807) is 43.4 Å². The van der Waals surface area contributed by atoms with E-state index in [0.717, 1.165) is 11.6 Å². The molecule has 1 unspecified atom stereocenters. The number of methoxy groups -OCH3 is 1. The molecule has 0 bridgehead atoms. The summed E-state index contributed by atoms with van der Waals surface area (Å²) in [6, 6.07) is 13.3. The van der Waals surface area contributed by atoms with Gasteiger partial charge in [0.2, 0.25) is 0 Å². The van der Waals surface area contributed by atoms with Crippen LogP contribution in [0.25, 0.3) is 0 Å². The summed E-state index contributed by atoms with van der Waals surface area (Å²) in [6.07, 6.45) is 0.245. The monoisotopic (exact) mass is 494 g/mol. The number of halogens is 1. The third-order valence-corrected chi connectivity index (χ3v) is 4.32. The quantitative estimate of drug-likeness (QED) is 0.206. The first-order valence-electron chi connectivity index (χ1n) is 10.2. The number of nitro groups is 1. The Kier molecular flexibility index (Phi) is 15.4. The zero-order valence-corrected chi connectivity index (χ0v) is 21.1. The van der Waals surface area contributed by atoms with Crippen molar-refractivity contribution in [2.24, 2.45) is 5.92 Å². The zero-order valence-electron chi connectivity index (χ0n) is 19.5. The maximum Gasteiger partial charge on any atom is 0.307 e. The van der Waals surface area contributed by atoms with Crippen LogP contribution < -0.4 is 10.6 Å². The fourth-order valence-electron chi connectivity index (χ4n) is 2.25. The molecule has 0 aliphatic rings. The molecule has 2 aromatic rings. The van der Waals surface area contributed by atoms with Gasteiger partial charge in [0.1, 0.15) is 6.07 Å². The fraction of sp³-hybridized carbons (Fsp3) is 0.391. The number of anilines is 1. The van der Waals surface area contributed by atoms with Crippen molar-refractivity contribution in [2.45, 2.75) is 38.1 Å². The summed E-state index contributed by atoms with van der Waals surface area (Å²) in [6.45, 7) is 7.10. The van der Waals surface area contributed by atoms with Crippen LogP contribution in [0, 0.1) is 27.4 Å². The van der Waals surface area contributed by atoms with E-state index in [1.165, 1.54) is 13.2 Å². The summed E-state index contributed by atoms with van der Waals surface area (Å²) < 4.78 is 4.65. The second-order valence-corrected chi connectivity index (χ2v) is 8.35. The van der Waals surface area contributed by atoms with Crippen molar-refractivity contribution in [1.29, 1.82) is 5.26 Å². The van der Waals surface area contributed by atoms with Gasteiger partial charge in [0.05, 0.1) is 33.9 Å². The van der Waals surface area contributed by atoms with Crippen LogP contribution in [-0.2, 0) is 9.53 Å². The van der Waals surface area contributed by atoms with Crippen molar-refractivity contribution in [1.82, 2.24) is 5.32 Å². The molecular formula is C23H31ClN4O4S. The van der Waals surface area contributed by atoms with Gasteiger partial charge < -0.3 is 15.4 Å². The Morgan fingerprint density at radius 2 is 1.88 bits per heavy atom. The fourth-order valence-corrected chi connectivity index (χ4v) is 2.72. The van der Waals surface area contributed by atoms with Crippen molar-refractivity contribution < 1.29 is 14.5 Å². The van der Waals surface area contributed by atoms with Crippen molar-refractivity contribution in [3.63, 3.8) is 0 Å². The molecule has 0 fully saturated rings. The number of benzene rings is 2. The van der Waals surface area contributed by atoms with Gasteiger partial charge in [-0.2, -0.15) is 5.26 Å². The number of thiol groups is 1. The lowest BCUT2D eigenvalue weighted by Crippen LogP contribution is -2.33. The van der Waals surface area contributed by atoms with Gasteiger partial charge in [0.15, 0.2) is 0 Å². The summed E-state index contributed by atoms with van der Waals surface area (Å²) in [5.74, 6) is 0.549. The third-order valence-electron chi connectivity index (χ3n) is 3.63. The summed E-state index contributed by atoms with van der Waals surface area (Å²) in [4.78, 5) is 21.4. The molecule has 180 valence electrons. The van der Waals surface area contributed by atoms with E-state index in [2.05, 4.69) is 48.8 Å². The zero-order chi connectivity index (χ0) is 25.4. The third kappa shape index (κ3) is 13.4. The maximum absolute atomic E-state index is 11.3. The molecule has 2 rings (SSSR count). The first kappa shape index (κ1) is 30.2. The predicted octanol–water partition coefficient (Wildman–Crippen LogP) is 5.32. The van der Waals surface area contributed by atoms with Crippen LogP contribution in [0.4, 0.5) is 11.4 Å². The normalized spacial score (nSPS) is 10.5. The molecule has 0 radical (unpaired) electrons. The van der Waals surface area contributed by atoms with Crippen LogP contribution in [0.1, 0.15) is 32.8 Å². The highest BCUT2D eigenvalue weighted by Gasteiger charge is 2.14. The first-order valence-corrected chi connectivity index (χ1v) is 11.0. The molecule has 2 N–H and O–H groups in total. The minimum Gasteiger partial charge on any atom is -0.469 e. The van der Waals surface area contributed by atoms with Crippen molar-refractivity contribution in [3.05, 3.63) is 63.2 Å². The molecule has 1 atom stereocenters.